The van der Waals surface area contributed by atoms with Crippen molar-refractivity contribution >= 4 is 5.91 Å². The summed E-state index contributed by atoms with van der Waals surface area (Å²) in [6.45, 7) is 1.50. The molecule has 1 aromatic rings. The lowest BCUT2D eigenvalue weighted by Crippen LogP contribution is -2.40. The molecule has 1 aromatic carbocycles. The first-order valence-electron chi connectivity index (χ1n) is 6.20. The molecule has 0 aromatic heterocycles. The summed E-state index contributed by atoms with van der Waals surface area (Å²) in [7, 11) is 0. The molecule has 1 fully saturated rings. The zero-order valence-electron chi connectivity index (χ0n) is 10.2. The number of piperidine rings is 1. The minimum atomic E-state index is -0.222. The topological polar surface area (TPSA) is 70.1 Å². The number of hydrogen-bond donors (Lipinski definition) is 1. The predicted octanol–water partition coefficient (Wildman–Crippen LogP) is 1.45. The van der Waals surface area contributed by atoms with Crippen LogP contribution < -0.4 is 5.73 Å². The summed E-state index contributed by atoms with van der Waals surface area (Å²) in [5, 5.41) is 9.32. The first-order valence-corrected chi connectivity index (χ1v) is 6.20. The van der Waals surface area contributed by atoms with E-state index in [0.717, 1.165) is 31.5 Å². The monoisotopic (exact) mass is 243 g/mol. The molecule has 94 valence electrons. The molecular weight excluding hydrogens is 226 g/mol. The third kappa shape index (κ3) is 2.69. The molecule has 1 atom stereocenters. The van der Waals surface area contributed by atoms with E-state index in [9.17, 15) is 10.1 Å². The highest BCUT2D eigenvalue weighted by atomic mass is 16.1. The molecule has 1 amide bonds. The van der Waals surface area contributed by atoms with Gasteiger partial charge in [0.1, 0.15) is 6.04 Å². The number of rotatable bonds is 3. The van der Waals surface area contributed by atoms with Crippen molar-refractivity contribution < 1.29 is 4.79 Å². The van der Waals surface area contributed by atoms with Gasteiger partial charge in [-0.25, -0.2) is 0 Å². The lowest BCUT2D eigenvalue weighted by atomic mass is 9.94. The summed E-state index contributed by atoms with van der Waals surface area (Å²) in [6, 6.07) is 11.9. The maximum atomic E-state index is 11.1. The second-order valence-corrected chi connectivity index (χ2v) is 4.65. The zero-order valence-corrected chi connectivity index (χ0v) is 10.2. The van der Waals surface area contributed by atoms with Crippen molar-refractivity contribution in [1.82, 2.24) is 4.90 Å². The van der Waals surface area contributed by atoms with Crippen molar-refractivity contribution in [3.8, 4) is 6.07 Å². The van der Waals surface area contributed by atoms with Gasteiger partial charge in [-0.15, -0.1) is 0 Å². The lowest BCUT2D eigenvalue weighted by Gasteiger charge is -2.33. The maximum Gasteiger partial charge on any atom is 0.220 e. The number of nitriles is 1. The van der Waals surface area contributed by atoms with Gasteiger partial charge in [0.2, 0.25) is 5.91 Å². The highest BCUT2D eigenvalue weighted by Crippen LogP contribution is 2.26. The molecular formula is C14H17N3O. The van der Waals surface area contributed by atoms with E-state index in [0.29, 0.717) is 0 Å². The van der Waals surface area contributed by atoms with Gasteiger partial charge in [0.15, 0.2) is 0 Å². The quantitative estimate of drug-likeness (QED) is 0.873. The lowest BCUT2D eigenvalue weighted by molar-refractivity contribution is -0.123. The fraction of sp³-hybridized carbons (Fsp3) is 0.429. The number of nitrogens with two attached hydrogens (primary N) is 1. The average Bonchev–Trinajstić information content (AvgIpc) is 2.41. The zero-order chi connectivity index (χ0) is 13.0. The van der Waals surface area contributed by atoms with E-state index < -0.39 is 0 Å². The summed E-state index contributed by atoms with van der Waals surface area (Å²) < 4.78 is 0. The smallest absolute Gasteiger partial charge is 0.220 e. The third-order valence-electron chi connectivity index (χ3n) is 3.53. The Morgan fingerprint density at radius 1 is 1.33 bits per heavy atom. The van der Waals surface area contributed by atoms with Gasteiger partial charge in [0, 0.05) is 19.0 Å². The minimum absolute atomic E-state index is 0.0311. The third-order valence-corrected chi connectivity index (χ3v) is 3.53. The standard InChI is InChI=1S/C14H17N3O/c15-10-13(11-4-2-1-3-5-11)17-8-6-12(7-9-17)14(16)18/h1-5,12-13H,6-9H2,(H2,16,18). The molecule has 2 rings (SSSR count). The van der Waals surface area contributed by atoms with Gasteiger partial charge >= 0.3 is 0 Å². The van der Waals surface area contributed by atoms with E-state index in [1.165, 1.54) is 0 Å². The van der Waals surface area contributed by atoms with Crippen molar-refractivity contribution in [2.24, 2.45) is 11.7 Å². The molecule has 0 spiro atoms. The normalized spacial score (nSPS) is 19.1. The molecule has 4 heteroatoms. The van der Waals surface area contributed by atoms with Crippen molar-refractivity contribution in [1.29, 1.82) is 5.26 Å². The van der Waals surface area contributed by atoms with Crippen LogP contribution in [0.25, 0.3) is 0 Å². The molecule has 0 saturated carbocycles. The van der Waals surface area contributed by atoms with Crippen LogP contribution in [0.15, 0.2) is 30.3 Å². The Morgan fingerprint density at radius 3 is 2.44 bits per heavy atom. The van der Waals surface area contributed by atoms with Crippen LogP contribution in [0.5, 0.6) is 0 Å². The number of amides is 1. The number of benzene rings is 1. The molecule has 1 heterocycles. The molecule has 18 heavy (non-hydrogen) atoms. The van der Waals surface area contributed by atoms with Crippen molar-refractivity contribution in [2.75, 3.05) is 13.1 Å². The van der Waals surface area contributed by atoms with E-state index in [-0.39, 0.29) is 17.9 Å². The molecule has 1 unspecified atom stereocenters. The molecule has 0 aliphatic carbocycles. The average molecular weight is 243 g/mol. The Balaban J connectivity index is 2.04. The number of primary amides is 1. The Kier molecular flexibility index (Phi) is 3.96. The summed E-state index contributed by atoms with van der Waals surface area (Å²) in [6.07, 6.45) is 1.50. The molecule has 2 N–H and O–H groups in total. The minimum Gasteiger partial charge on any atom is -0.369 e. The maximum absolute atomic E-state index is 11.1. The first kappa shape index (κ1) is 12.6. The van der Waals surface area contributed by atoms with Crippen LogP contribution in [0.4, 0.5) is 0 Å². The molecule has 1 aliphatic heterocycles. The Morgan fingerprint density at radius 2 is 1.94 bits per heavy atom. The van der Waals surface area contributed by atoms with Crippen LogP contribution in [0, 0.1) is 17.2 Å². The fourth-order valence-corrected chi connectivity index (χ4v) is 2.44. The van der Waals surface area contributed by atoms with E-state index in [2.05, 4.69) is 11.0 Å². The van der Waals surface area contributed by atoms with Gasteiger partial charge in [0.05, 0.1) is 6.07 Å². The Hall–Kier alpha value is -1.86. The summed E-state index contributed by atoms with van der Waals surface area (Å²) in [5.74, 6) is -0.251. The van der Waals surface area contributed by atoms with E-state index in [4.69, 9.17) is 5.73 Å². The van der Waals surface area contributed by atoms with Crippen LogP contribution in [0.2, 0.25) is 0 Å². The van der Waals surface area contributed by atoms with Crippen LogP contribution in [0.3, 0.4) is 0 Å². The molecule has 1 aliphatic rings. The number of likely N-dealkylation sites (tertiary alicyclic amines) is 1. The van der Waals surface area contributed by atoms with Crippen LogP contribution in [0.1, 0.15) is 24.4 Å². The van der Waals surface area contributed by atoms with Gasteiger partial charge in [-0.2, -0.15) is 5.26 Å². The van der Waals surface area contributed by atoms with E-state index in [1.54, 1.807) is 0 Å². The van der Waals surface area contributed by atoms with Crippen LogP contribution >= 0.6 is 0 Å². The molecule has 0 radical (unpaired) electrons. The predicted molar refractivity (Wildman–Crippen MR) is 68.3 cm³/mol. The Bertz CT molecular complexity index is 444. The Labute approximate surface area is 107 Å². The van der Waals surface area contributed by atoms with Gasteiger partial charge in [-0.05, 0) is 18.4 Å². The number of carbonyl (C=O) groups is 1. The van der Waals surface area contributed by atoms with Gasteiger partial charge in [-0.3, -0.25) is 9.69 Å². The number of hydrogen-bond acceptors (Lipinski definition) is 3. The highest BCUT2D eigenvalue weighted by Gasteiger charge is 2.28. The second kappa shape index (κ2) is 5.65. The van der Waals surface area contributed by atoms with E-state index in [1.807, 2.05) is 30.3 Å². The second-order valence-electron chi connectivity index (χ2n) is 4.65. The van der Waals surface area contributed by atoms with Crippen molar-refractivity contribution in [3.63, 3.8) is 0 Å². The fourth-order valence-electron chi connectivity index (χ4n) is 2.44. The number of carbonyl (C=O) groups excluding carboxylic acids is 1. The summed E-state index contributed by atoms with van der Waals surface area (Å²) in [4.78, 5) is 13.2. The molecule has 1 saturated heterocycles. The van der Waals surface area contributed by atoms with Gasteiger partial charge < -0.3 is 5.73 Å². The molecule has 0 bridgehead atoms. The van der Waals surface area contributed by atoms with Crippen LogP contribution in [-0.2, 0) is 4.79 Å². The van der Waals surface area contributed by atoms with E-state index >= 15 is 0 Å². The van der Waals surface area contributed by atoms with Gasteiger partial charge in [-0.1, -0.05) is 30.3 Å². The van der Waals surface area contributed by atoms with Crippen molar-refractivity contribution in [3.05, 3.63) is 35.9 Å². The highest BCUT2D eigenvalue weighted by molar-refractivity contribution is 5.76. The number of nitrogens with zero attached hydrogens (tertiary/aromatic N) is 2. The summed E-state index contributed by atoms with van der Waals surface area (Å²) >= 11 is 0. The molecule has 4 nitrogen and oxygen atoms in total. The first-order chi connectivity index (χ1) is 8.72. The van der Waals surface area contributed by atoms with Crippen LogP contribution in [-0.4, -0.2) is 23.9 Å². The SMILES string of the molecule is N#CC(c1ccccc1)N1CCC(C(N)=O)CC1. The van der Waals surface area contributed by atoms with Gasteiger partial charge in [0.25, 0.3) is 0 Å². The van der Waals surface area contributed by atoms with Crippen molar-refractivity contribution in [2.45, 2.75) is 18.9 Å². The summed E-state index contributed by atoms with van der Waals surface area (Å²) in [5.41, 5.74) is 6.32. The largest absolute Gasteiger partial charge is 0.369 e.